The first kappa shape index (κ1) is 13.9. The first-order chi connectivity index (χ1) is 6.40. The van der Waals surface area contributed by atoms with Crippen LogP contribution in [-0.2, 0) is 4.74 Å². The maximum atomic E-state index is 5.92. The van der Waals surface area contributed by atoms with Gasteiger partial charge in [-0.15, -0.1) is 0 Å². The molecule has 0 aromatic carbocycles. The SMILES string of the molecule is CCOCCN(C)CC(C)(C)C(C)N. The van der Waals surface area contributed by atoms with Gasteiger partial charge < -0.3 is 15.4 Å². The third-order valence-corrected chi connectivity index (χ3v) is 2.73. The second kappa shape index (κ2) is 6.38. The molecule has 0 fully saturated rings. The van der Waals surface area contributed by atoms with Gasteiger partial charge in [-0.2, -0.15) is 0 Å². The van der Waals surface area contributed by atoms with Crippen molar-refractivity contribution in [2.45, 2.75) is 33.7 Å². The molecule has 14 heavy (non-hydrogen) atoms. The molecular formula is C11H26N2O. The Bertz CT molecular complexity index is 146. The molecule has 1 atom stereocenters. The quantitative estimate of drug-likeness (QED) is 0.633. The van der Waals surface area contributed by atoms with Gasteiger partial charge in [0.15, 0.2) is 0 Å². The van der Waals surface area contributed by atoms with E-state index in [0.717, 1.165) is 26.3 Å². The molecule has 0 saturated heterocycles. The largest absolute Gasteiger partial charge is 0.380 e. The van der Waals surface area contributed by atoms with Crippen LogP contribution in [0, 0.1) is 5.41 Å². The number of hydrogen-bond donors (Lipinski definition) is 1. The van der Waals surface area contributed by atoms with E-state index >= 15 is 0 Å². The summed E-state index contributed by atoms with van der Waals surface area (Å²) < 4.78 is 5.31. The standard InChI is InChI=1S/C11H26N2O/c1-6-14-8-7-13(5)9-11(3,4)10(2)12/h10H,6-9,12H2,1-5H3. The van der Waals surface area contributed by atoms with Gasteiger partial charge in [0.05, 0.1) is 6.61 Å². The number of ether oxygens (including phenoxy) is 1. The highest BCUT2D eigenvalue weighted by atomic mass is 16.5. The van der Waals surface area contributed by atoms with Gasteiger partial charge in [-0.3, -0.25) is 0 Å². The van der Waals surface area contributed by atoms with E-state index in [2.05, 4.69) is 32.7 Å². The molecule has 0 radical (unpaired) electrons. The van der Waals surface area contributed by atoms with Gasteiger partial charge >= 0.3 is 0 Å². The lowest BCUT2D eigenvalue weighted by Gasteiger charge is -2.33. The molecule has 0 aliphatic heterocycles. The molecule has 0 amide bonds. The number of hydrogen-bond acceptors (Lipinski definition) is 3. The predicted octanol–water partition coefficient (Wildman–Crippen LogP) is 1.33. The van der Waals surface area contributed by atoms with Gasteiger partial charge in [-0.1, -0.05) is 13.8 Å². The molecule has 3 nitrogen and oxygen atoms in total. The second-order valence-electron chi connectivity index (χ2n) is 4.71. The van der Waals surface area contributed by atoms with Crippen LogP contribution in [0.5, 0.6) is 0 Å². The molecule has 0 rings (SSSR count). The number of likely N-dealkylation sites (N-methyl/N-ethyl adjacent to an activating group) is 1. The Hall–Kier alpha value is -0.120. The number of rotatable bonds is 7. The molecule has 0 saturated carbocycles. The van der Waals surface area contributed by atoms with Crippen molar-refractivity contribution in [3.05, 3.63) is 0 Å². The summed E-state index contributed by atoms with van der Waals surface area (Å²) in [6, 6.07) is 0.219. The molecule has 0 aliphatic carbocycles. The summed E-state index contributed by atoms with van der Waals surface area (Å²) in [5, 5.41) is 0. The molecule has 0 spiro atoms. The third-order valence-electron chi connectivity index (χ3n) is 2.73. The maximum absolute atomic E-state index is 5.92. The molecule has 2 N–H and O–H groups in total. The molecule has 1 unspecified atom stereocenters. The Kier molecular flexibility index (Phi) is 6.33. The van der Waals surface area contributed by atoms with Gasteiger partial charge in [0, 0.05) is 25.7 Å². The van der Waals surface area contributed by atoms with E-state index in [9.17, 15) is 0 Å². The van der Waals surface area contributed by atoms with Crippen LogP contribution < -0.4 is 5.73 Å². The topological polar surface area (TPSA) is 38.5 Å². The van der Waals surface area contributed by atoms with E-state index in [1.807, 2.05) is 6.92 Å². The van der Waals surface area contributed by atoms with E-state index in [0.29, 0.717) is 0 Å². The first-order valence-corrected chi connectivity index (χ1v) is 5.42. The van der Waals surface area contributed by atoms with Gasteiger partial charge in [0.25, 0.3) is 0 Å². The van der Waals surface area contributed by atoms with Gasteiger partial charge in [0.2, 0.25) is 0 Å². The molecule has 0 aliphatic rings. The molecule has 0 aromatic rings. The minimum atomic E-state index is 0.168. The zero-order valence-electron chi connectivity index (χ0n) is 10.3. The fraction of sp³-hybridized carbons (Fsp3) is 1.00. The van der Waals surface area contributed by atoms with E-state index in [4.69, 9.17) is 10.5 Å². The fourth-order valence-electron chi connectivity index (χ4n) is 1.28. The second-order valence-corrected chi connectivity index (χ2v) is 4.71. The molecule has 86 valence electrons. The zero-order chi connectivity index (χ0) is 11.2. The lowest BCUT2D eigenvalue weighted by molar-refractivity contribution is 0.102. The zero-order valence-corrected chi connectivity index (χ0v) is 10.3. The van der Waals surface area contributed by atoms with Crippen LogP contribution >= 0.6 is 0 Å². The minimum Gasteiger partial charge on any atom is -0.380 e. The van der Waals surface area contributed by atoms with Gasteiger partial charge in [-0.25, -0.2) is 0 Å². The Balaban J connectivity index is 3.75. The average Bonchev–Trinajstić information content (AvgIpc) is 2.03. The highest BCUT2D eigenvalue weighted by Crippen LogP contribution is 2.19. The summed E-state index contributed by atoms with van der Waals surface area (Å²) in [6.45, 7) is 12.1. The molecular weight excluding hydrogens is 176 g/mol. The van der Waals surface area contributed by atoms with Crippen LogP contribution in [0.4, 0.5) is 0 Å². The van der Waals surface area contributed by atoms with Crippen molar-refractivity contribution in [3.8, 4) is 0 Å². The lowest BCUT2D eigenvalue weighted by Crippen LogP contribution is -2.43. The van der Waals surface area contributed by atoms with Crippen molar-refractivity contribution >= 4 is 0 Å². The minimum absolute atomic E-state index is 0.168. The summed E-state index contributed by atoms with van der Waals surface area (Å²) in [4.78, 5) is 2.28. The Morgan fingerprint density at radius 3 is 2.43 bits per heavy atom. The number of nitrogens with zero attached hydrogens (tertiary/aromatic N) is 1. The van der Waals surface area contributed by atoms with E-state index in [-0.39, 0.29) is 11.5 Å². The molecule has 0 aromatic heterocycles. The van der Waals surface area contributed by atoms with Crippen LogP contribution in [0.3, 0.4) is 0 Å². The first-order valence-electron chi connectivity index (χ1n) is 5.42. The van der Waals surface area contributed by atoms with Gasteiger partial charge in [-0.05, 0) is 26.3 Å². The van der Waals surface area contributed by atoms with Crippen LogP contribution in [0.1, 0.15) is 27.7 Å². The van der Waals surface area contributed by atoms with Crippen LogP contribution in [0.2, 0.25) is 0 Å². The molecule has 0 bridgehead atoms. The van der Waals surface area contributed by atoms with Crippen molar-refractivity contribution in [1.82, 2.24) is 4.90 Å². The normalized spacial score (nSPS) is 14.8. The fourth-order valence-corrected chi connectivity index (χ4v) is 1.28. The summed E-state index contributed by atoms with van der Waals surface area (Å²) in [6.07, 6.45) is 0. The van der Waals surface area contributed by atoms with E-state index in [1.54, 1.807) is 0 Å². The highest BCUT2D eigenvalue weighted by molar-refractivity contribution is 4.80. The Morgan fingerprint density at radius 2 is 2.00 bits per heavy atom. The van der Waals surface area contributed by atoms with E-state index in [1.165, 1.54) is 0 Å². The highest BCUT2D eigenvalue weighted by Gasteiger charge is 2.24. The maximum Gasteiger partial charge on any atom is 0.0593 e. The van der Waals surface area contributed by atoms with Crippen molar-refractivity contribution in [2.75, 3.05) is 33.4 Å². The van der Waals surface area contributed by atoms with Crippen molar-refractivity contribution in [1.29, 1.82) is 0 Å². The summed E-state index contributed by atoms with van der Waals surface area (Å²) in [5.41, 5.74) is 6.08. The monoisotopic (exact) mass is 202 g/mol. The van der Waals surface area contributed by atoms with Gasteiger partial charge in [0.1, 0.15) is 0 Å². The third kappa shape index (κ3) is 5.58. The Morgan fingerprint density at radius 1 is 1.43 bits per heavy atom. The molecule has 3 heteroatoms. The van der Waals surface area contributed by atoms with E-state index < -0.39 is 0 Å². The van der Waals surface area contributed by atoms with Crippen molar-refractivity contribution in [3.63, 3.8) is 0 Å². The smallest absolute Gasteiger partial charge is 0.0593 e. The summed E-state index contributed by atoms with van der Waals surface area (Å²) in [7, 11) is 2.11. The van der Waals surface area contributed by atoms with Crippen LogP contribution in [0.25, 0.3) is 0 Å². The average molecular weight is 202 g/mol. The lowest BCUT2D eigenvalue weighted by atomic mass is 9.85. The summed E-state index contributed by atoms with van der Waals surface area (Å²) >= 11 is 0. The van der Waals surface area contributed by atoms with Crippen molar-refractivity contribution in [2.24, 2.45) is 11.1 Å². The van der Waals surface area contributed by atoms with Crippen LogP contribution in [-0.4, -0.2) is 44.3 Å². The summed E-state index contributed by atoms with van der Waals surface area (Å²) in [5.74, 6) is 0. The predicted molar refractivity (Wildman–Crippen MR) is 61.4 cm³/mol. The van der Waals surface area contributed by atoms with Crippen molar-refractivity contribution < 1.29 is 4.74 Å². The number of nitrogens with two attached hydrogens (primary N) is 1. The van der Waals surface area contributed by atoms with Crippen LogP contribution in [0.15, 0.2) is 0 Å². The Labute approximate surface area is 88.6 Å². The molecule has 0 heterocycles.